The Labute approximate surface area is 163 Å². The van der Waals surface area contributed by atoms with E-state index in [1.165, 1.54) is 24.3 Å². The van der Waals surface area contributed by atoms with Gasteiger partial charge >= 0.3 is 12.4 Å². The van der Waals surface area contributed by atoms with Crippen LogP contribution in [0, 0.1) is 0 Å². The molecule has 0 aliphatic heterocycles. The van der Waals surface area contributed by atoms with Crippen molar-refractivity contribution >= 4 is 11.9 Å². The minimum absolute atomic E-state index is 0.0541. The van der Waals surface area contributed by atoms with Gasteiger partial charge in [0.1, 0.15) is 12.3 Å². The van der Waals surface area contributed by atoms with Gasteiger partial charge in [0, 0.05) is 13.6 Å². The summed E-state index contributed by atoms with van der Waals surface area (Å²) in [5.74, 6) is -0.504. The number of amides is 1. The van der Waals surface area contributed by atoms with Crippen LogP contribution in [-0.4, -0.2) is 62.4 Å². The lowest BCUT2D eigenvalue weighted by atomic mass is 10.2. The van der Waals surface area contributed by atoms with Gasteiger partial charge in [-0.3, -0.25) is 4.79 Å². The number of ether oxygens (including phenoxy) is 1. The number of guanidine groups is 1. The fraction of sp³-hybridized carbons (Fsp3) is 0.529. The fourth-order valence-electron chi connectivity index (χ4n) is 2.02. The highest BCUT2D eigenvalue weighted by atomic mass is 19.4. The van der Waals surface area contributed by atoms with E-state index in [-0.39, 0.29) is 24.8 Å². The minimum atomic E-state index is -4.49. The molecule has 0 bridgehead atoms. The first kappa shape index (κ1) is 24.4. The van der Waals surface area contributed by atoms with Gasteiger partial charge in [-0.25, -0.2) is 4.99 Å². The second-order valence-electron chi connectivity index (χ2n) is 5.96. The lowest BCUT2D eigenvalue weighted by Gasteiger charge is -2.20. The summed E-state index contributed by atoms with van der Waals surface area (Å²) in [6.07, 6.45) is -8.92. The van der Waals surface area contributed by atoms with E-state index in [9.17, 15) is 31.1 Å². The molecule has 0 unspecified atom stereocenters. The second kappa shape index (κ2) is 10.8. The molecular weight excluding hydrogens is 406 g/mol. The zero-order chi connectivity index (χ0) is 22.1. The highest BCUT2D eigenvalue weighted by molar-refractivity contribution is 5.86. The van der Waals surface area contributed by atoms with Gasteiger partial charge in [-0.15, -0.1) is 0 Å². The Hall–Kier alpha value is -2.66. The van der Waals surface area contributed by atoms with E-state index in [2.05, 4.69) is 20.4 Å². The summed E-state index contributed by atoms with van der Waals surface area (Å²) in [5.41, 5.74) is 0.655. The van der Waals surface area contributed by atoms with Crippen LogP contribution in [0.5, 0.6) is 5.75 Å². The molecule has 0 heterocycles. The first-order chi connectivity index (χ1) is 13.4. The van der Waals surface area contributed by atoms with Gasteiger partial charge < -0.3 is 20.3 Å². The van der Waals surface area contributed by atoms with Crippen molar-refractivity contribution in [2.24, 2.45) is 4.99 Å². The molecule has 1 amide bonds. The van der Waals surface area contributed by atoms with Gasteiger partial charge in [0.2, 0.25) is 5.91 Å². The molecule has 0 fully saturated rings. The summed E-state index contributed by atoms with van der Waals surface area (Å²) < 4.78 is 77.9. The largest absolute Gasteiger partial charge is 0.484 e. The van der Waals surface area contributed by atoms with Crippen LogP contribution in [0.1, 0.15) is 12.5 Å². The van der Waals surface area contributed by atoms with E-state index in [4.69, 9.17) is 0 Å². The number of rotatable bonds is 8. The van der Waals surface area contributed by atoms with E-state index >= 15 is 0 Å². The van der Waals surface area contributed by atoms with Crippen molar-refractivity contribution in [2.75, 3.05) is 33.3 Å². The van der Waals surface area contributed by atoms with Gasteiger partial charge in [-0.2, -0.15) is 26.3 Å². The van der Waals surface area contributed by atoms with E-state index in [1.54, 1.807) is 6.92 Å². The minimum Gasteiger partial charge on any atom is -0.484 e. The number of aliphatic imine (C=N–C) groups is 1. The van der Waals surface area contributed by atoms with Crippen molar-refractivity contribution < 1.29 is 35.9 Å². The third-order valence-corrected chi connectivity index (χ3v) is 3.34. The van der Waals surface area contributed by atoms with E-state index < -0.39 is 31.4 Å². The number of alkyl halides is 6. The van der Waals surface area contributed by atoms with Crippen LogP contribution < -0.4 is 15.4 Å². The molecule has 0 saturated carbocycles. The van der Waals surface area contributed by atoms with Crippen LogP contribution in [-0.2, 0) is 11.3 Å². The Morgan fingerprint density at radius 2 is 1.69 bits per heavy atom. The highest BCUT2D eigenvalue weighted by Gasteiger charge is 2.31. The normalized spacial score (nSPS) is 12.5. The second-order valence-corrected chi connectivity index (χ2v) is 5.96. The SMILES string of the molecule is CCNC(=NCc1ccc(OCC(F)(F)F)cc1)NCC(=O)N(C)CC(F)(F)F. The molecule has 12 heteroatoms. The standard InChI is InChI=1S/C17H22F6N4O2/c1-3-24-15(26-9-14(28)27(2)10-16(18,19)20)25-8-12-4-6-13(7-5-12)29-11-17(21,22)23/h4-7H,3,8-11H2,1-2H3,(H2,24,25,26). The first-order valence-electron chi connectivity index (χ1n) is 8.51. The van der Waals surface area contributed by atoms with Crippen molar-refractivity contribution in [1.82, 2.24) is 15.5 Å². The summed E-state index contributed by atoms with van der Waals surface area (Å²) in [6, 6.07) is 5.79. The molecule has 164 valence electrons. The smallest absolute Gasteiger partial charge is 0.422 e. The molecule has 29 heavy (non-hydrogen) atoms. The molecule has 6 nitrogen and oxygen atoms in total. The third kappa shape index (κ3) is 11.1. The van der Waals surface area contributed by atoms with Gasteiger partial charge in [0.25, 0.3) is 0 Å². The molecular formula is C17H22F6N4O2. The van der Waals surface area contributed by atoms with Gasteiger partial charge in [0.05, 0.1) is 13.1 Å². The zero-order valence-corrected chi connectivity index (χ0v) is 15.8. The quantitative estimate of drug-likeness (QED) is 0.380. The molecule has 1 aromatic rings. The molecule has 0 atom stereocenters. The van der Waals surface area contributed by atoms with Crippen molar-refractivity contribution in [2.45, 2.75) is 25.8 Å². The van der Waals surface area contributed by atoms with Gasteiger partial charge in [-0.1, -0.05) is 12.1 Å². The van der Waals surface area contributed by atoms with Crippen LogP contribution in [0.15, 0.2) is 29.3 Å². The molecule has 2 N–H and O–H groups in total. The van der Waals surface area contributed by atoms with Gasteiger partial charge in [0.15, 0.2) is 12.6 Å². The van der Waals surface area contributed by atoms with Gasteiger partial charge in [-0.05, 0) is 24.6 Å². The van der Waals surface area contributed by atoms with Crippen LogP contribution in [0.2, 0.25) is 0 Å². The topological polar surface area (TPSA) is 66.0 Å². The number of nitrogens with zero attached hydrogens (tertiary/aromatic N) is 2. The van der Waals surface area contributed by atoms with Crippen molar-refractivity contribution in [3.05, 3.63) is 29.8 Å². The molecule has 0 aromatic heterocycles. The lowest BCUT2D eigenvalue weighted by molar-refractivity contribution is -0.157. The number of benzene rings is 1. The molecule has 1 rings (SSSR count). The number of nitrogens with one attached hydrogen (secondary N) is 2. The fourth-order valence-corrected chi connectivity index (χ4v) is 2.02. The molecule has 0 saturated heterocycles. The Morgan fingerprint density at radius 3 is 2.21 bits per heavy atom. The summed E-state index contributed by atoms with van der Waals surface area (Å²) in [4.78, 5) is 16.5. The number of carbonyl (C=O) groups is 1. The monoisotopic (exact) mass is 428 g/mol. The van der Waals surface area contributed by atoms with Crippen LogP contribution in [0.4, 0.5) is 26.3 Å². The van der Waals surface area contributed by atoms with Crippen molar-refractivity contribution in [1.29, 1.82) is 0 Å². The number of hydrogen-bond acceptors (Lipinski definition) is 3. The maximum Gasteiger partial charge on any atom is 0.422 e. The van der Waals surface area contributed by atoms with E-state index in [0.29, 0.717) is 17.0 Å². The summed E-state index contributed by atoms with van der Waals surface area (Å²) >= 11 is 0. The Bertz CT molecular complexity index is 674. The number of hydrogen-bond donors (Lipinski definition) is 2. The van der Waals surface area contributed by atoms with Crippen molar-refractivity contribution in [3.8, 4) is 5.75 Å². The summed E-state index contributed by atoms with van der Waals surface area (Å²) in [5, 5.41) is 5.48. The molecule has 1 aromatic carbocycles. The predicted molar refractivity (Wildman–Crippen MR) is 94.5 cm³/mol. The maximum atomic E-state index is 12.3. The lowest BCUT2D eigenvalue weighted by Crippen LogP contribution is -2.45. The number of carbonyl (C=O) groups excluding carboxylic acids is 1. The molecule has 0 aliphatic carbocycles. The first-order valence-corrected chi connectivity index (χ1v) is 8.51. The van der Waals surface area contributed by atoms with E-state index in [1.807, 2.05) is 0 Å². The highest BCUT2D eigenvalue weighted by Crippen LogP contribution is 2.19. The zero-order valence-electron chi connectivity index (χ0n) is 15.8. The Kier molecular flexibility index (Phi) is 9.05. The van der Waals surface area contributed by atoms with Crippen LogP contribution in [0.25, 0.3) is 0 Å². The average molecular weight is 428 g/mol. The average Bonchev–Trinajstić information content (AvgIpc) is 2.60. The van der Waals surface area contributed by atoms with Crippen LogP contribution in [0.3, 0.4) is 0 Å². The maximum absolute atomic E-state index is 12.3. The third-order valence-electron chi connectivity index (χ3n) is 3.34. The Balaban J connectivity index is 2.60. The summed E-state index contributed by atoms with van der Waals surface area (Å²) in [6.45, 7) is -0.798. The van der Waals surface area contributed by atoms with Crippen LogP contribution >= 0.6 is 0 Å². The number of likely N-dealkylation sites (N-methyl/N-ethyl adjacent to an activating group) is 1. The summed E-state index contributed by atoms with van der Waals surface area (Å²) in [7, 11) is 1.05. The molecule has 0 spiro atoms. The molecule has 0 aliphatic rings. The predicted octanol–water partition coefficient (Wildman–Crippen LogP) is 2.70. The number of halogens is 6. The molecule has 0 radical (unpaired) electrons. The van der Waals surface area contributed by atoms with E-state index in [0.717, 1.165) is 7.05 Å². The Morgan fingerprint density at radius 1 is 1.07 bits per heavy atom. The van der Waals surface area contributed by atoms with Crippen molar-refractivity contribution in [3.63, 3.8) is 0 Å².